The van der Waals surface area contributed by atoms with E-state index in [0.717, 1.165) is 17.4 Å². The third kappa shape index (κ3) is 3.29. The molecule has 0 aromatic heterocycles. The minimum atomic E-state index is -0.702. The molecule has 29 heavy (non-hydrogen) atoms. The van der Waals surface area contributed by atoms with E-state index in [1.807, 2.05) is 13.0 Å². The second-order valence-electron chi connectivity index (χ2n) is 6.65. The quantitative estimate of drug-likeness (QED) is 0.688. The van der Waals surface area contributed by atoms with Gasteiger partial charge in [-0.15, -0.1) is 0 Å². The molecule has 0 unspecified atom stereocenters. The summed E-state index contributed by atoms with van der Waals surface area (Å²) in [6.45, 7) is 4.70. The summed E-state index contributed by atoms with van der Waals surface area (Å²) in [5, 5.41) is 0.500. The number of benzene rings is 2. The van der Waals surface area contributed by atoms with Gasteiger partial charge in [0.25, 0.3) is 23.6 Å². The molecule has 0 atom stereocenters. The summed E-state index contributed by atoms with van der Waals surface area (Å²) in [4.78, 5) is 63.0. The van der Waals surface area contributed by atoms with Gasteiger partial charge in [-0.3, -0.25) is 24.1 Å². The molecule has 2 aromatic rings. The van der Waals surface area contributed by atoms with Gasteiger partial charge in [-0.1, -0.05) is 29.3 Å². The molecule has 4 rings (SSSR count). The van der Waals surface area contributed by atoms with E-state index in [4.69, 9.17) is 0 Å². The average Bonchev–Trinajstić information content (AvgIpc) is 3.04. The predicted molar refractivity (Wildman–Crippen MR) is 101 cm³/mol. The molecule has 2 aromatic carbocycles. The van der Waals surface area contributed by atoms with Crippen molar-refractivity contribution in [1.82, 2.24) is 9.96 Å². The largest absolute Gasteiger partial charge is 0.330 e. The van der Waals surface area contributed by atoms with Crippen molar-refractivity contribution in [1.29, 1.82) is 0 Å². The van der Waals surface area contributed by atoms with Crippen molar-refractivity contribution in [3.05, 3.63) is 69.8 Å². The van der Waals surface area contributed by atoms with Crippen LogP contribution in [-0.2, 0) is 9.63 Å². The fourth-order valence-electron chi connectivity index (χ4n) is 3.21. The summed E-state index contributed by atoms with van der Waals surface area (Å²) in [7, 11) is 1.50. The molecule has 0 aliphatic carbocycles. The molecule has 0 N–H and O–H groups in total. The number of hydrogen-bond donors (Lipinski definition) is 0. The summed E-state index contributed by atoms with van der Waals surface area (Å²) < 4.78 is 0. The number of nitrogens with zero attached hydrogens (tertiary/aromatic N) is 2. The number of carbonyl (C=O) groups is 5. The SMILES string of the molecule is CC(=O)ON1C(=O)c2cccc(C)c2C1=O.Cc1cccc2c1C(=O)N(C)C2=O. The van der Waals surface area contributed by atoms with Crippen molar-refractivity contribution in [3.8, 4) is 0 Å². The molecule has 0 radical (unpaired) electrons. The van der Waals surface area contributed by atoms with Crippen LogP contribution in [0.1, 0.15) is 59.5 Å². The molecular weight excluding hydrogens is 376 g/mol. The van der Waals surface area contributed by atoms with Crippen LogP contribution in [-0.4, -0.2) is 46.6 Å². The molecular formula is C21H18N2O6. The lowest BCUT2D eigenvalue weighted by atomic mass is 10.0. The Bertz CT molecular complexity index is 1090. The summed E-state index contributed by atoms with van der Waals surface area (Å²) >= 11 is 0. The second-order valence-corrected chi connectivity index (χ2v) is 6.65. The van der Waals surface area contributed by atoms with Crippen molar-refractivity contribution < 1.29 is 28.8 Å². The lowest BCUT2D eigenvalue weighted by molar-refractivity contribution is -0.165. The zero-order chi connectivity index (χ0) is 21.5. The Hall–Kier alpha value is -3.81. The van der Waals surface area contributed by atoms with Crippen LogP contribution in [0.25, 0.3) is 0 Å². The number of hydrogen-bond acceptors (Lipinski definition) is 6. The summed E-state index contributed by atoms with van der Waals surface area (Å²) in [6, 6.07) is 10.2. The molecule has 2 heterocycles. The normalized spacial score (nSPS) is 14.5. The van der Waals surface area contributed by atoms with Gasteiger partial charge in [0.15, 0.2) is 0 Å². The van der Waals surface area contributed by atoms with Gasteiger partial charge in [-0.25, -0.2) is 4.79 Å². The van der Waals surface area contributed by atoms with Crippen molar-refractivity contribution in [3.63, 3.8) is 0 Å². The van der Waals surface area contributed by atoms with Gasteiger partial charge >= 0.3 is 5.97 Å². The van der Waals surface area contributed by atoms with Crippen molar-refractivity contribution in [2.24, 2.45) is 0 Å². The molecule has 8 heteroatoms. The van der Waals surface area contributed by atoms with E-state index in [0.29, 0.717) is 27.3 Å². The Balaban J connectivity index is 0.000000169. The predicted octanol–water partition coefficient (Wildman–Crippen LogP) is 2.29. The van der Waals surface area contributed by atoms with Gasteiger partial charge < -0.3 is 4.84 Å². The Morgan fingerprint density at radius 2 is 1.24 bits per heavy atom. The molecule has 0 bridgehead atoms. The molecule has 2 aliphatic rings. The van der Waals surface area contributed by atoms with Crippen molar-refractivity contribution >= 4 is 29.6 Å². The maximum absolute atomic E-state index is 11.8. The van der Waals surface area contributed by atoms with Crippen molar-refractivity contribution in [2.75, 3.05) is 7.05 Å². The summed E-state index contributed by atoms with van der Waals surface area (Å²) in [5.74, 6) is -2.29. The zero-order valence-corrected chi connectivity index (χ0v) is 16.3. The smallest absolute Gasteiger partial charge is 0.330 e. The number of aryl methyl sites for hydroxylation is 2. The lowest BCUT2D eigenvalue weighted by Crippen LogP contribution is -2.31. The van der Waals surface area contributed by atoms with E-state index in [2.05, 4.69) is 4.84 Å². The Kier molecular flexibility index (Phi) is 5.02. The molecule has 0 fully saturated rings. The first kappa shape index (κ1) is 19.9. The maximum Gasteiger partial charge on any atom is 0.330 e. The fourth-order valence-corrected chi connectivity index (χ4v) is 3.21. The van der Waals surface area contributed by atoms with Crippen LogP contribution >= 0.6 is 0 Å². The van der Waals surface area contributed by atoms with Gasteiger partial charge in [0.2, 0.25) is 0 Å². The third-order valence-electron chi connectivity index (χ3n) is 4.63. The molecule has 0 saturated carbocycles. The van der Waals surface area contributed by atoms with E-state index in [1.165, 1.54) is 13.1 Å². The number of hydroxylamine groups is 2. The first-order chi connectivity index (χ1) is 13.6. The highest BCUT2D eigenvalue weighted by atomic mass is 16.7. The zero-order valence-electron chi connectivity index (χ0n) is 16.3. The Morgan fingerprint density at radius 3 is 1.69 bits per heavy atom. The average molecular weight is 394 g/mol. The highest BCUT2D eigenvalue weighted by Gasteiger charge is 2.39. The van der Waals surface area contributed by atoms with E-state index in [1.54, 1.807) is 31.2 Å². The summed E-state index contributed by atoms with van der Waals surface area (Å²) in [6.07, 6.45) is 0. The first-order valence-corrected chi connectivity index (χ1v) is 8.74. The minimum Gasteiger partial charge on any atom is -0.330 e. The monoisotopic (exact) mass is 394 g/mol. The topological polar surface area (TPSA) is 101 Å². The van der Waals surface area contributed by atoms with E-state index < -0.39 is 17.8 Å². The van der Waals surface area contributed by atoms with Crippen LogP contribution < -0.4 is 0 Å². The van der Waals surface area contributed by atoms with E-state index in [9.17, 15) is 24.0 Å². The molecule has 0 spiro atoms. The number of amides is 4. The molecule has 148 valence electrons. The summed E-state index contributed by atoms with van der Waals surface area (Å²) in [5.41, 5.74) is 3.19. The number of carbonyl (C=O) groups excluding carboxylic acids is 5. The number of rotatable bonds is 1. The highest BCUT2D eigenvalue weighted by Crippen LogP contribution is 2.26. The Labute approximate surface area is 166 Å². The Morgan fingerprint density at radius 1 is 0.759 bits per heavy atom. The highest BCUT2D eigenvalue weighted by molar-refractivity contribution is 6.22. The van der Waals surface area contributed by atoms with Crippen LogP contribution in [0.5, 0.6) is 0 Å². The van der Waals surface area contributed by atoms with Crippen LogP contribution in [0.3, 0.4) is 0 Å². The van der Waals surface area contributed by atoms with Gasteiger partial charge in [0, 0.05) is 14.0 Å². The van der Waals surface area contributed by atoms with Crippen LogP contribution in [0.2, 0.25) is 0 Å². The van der Waals surface area contributed by atoms with E-state index in [-0.39, 0.29) is 17.4 Å². The van der Waals surface area contributed by atoms with Gasteiger partial charge in [-0.2, -0.15) is 0 Å². The van der Waals surface area contributed by atoms with Crippen LogP contribution in [0.15, 0.2) is 36.4 Å². The second kappa shape index (κ2) is 7.31. The molecule has 0 saturated heterocycles. The standard InChI is InChI=1S/C11H9NO4.C10H9NO2/c1-6-4-3-5-8-9(6)11(15)12(10(8)14)16-7(2)13;1-6-4-3-5-7-8(6)10(13)11(2)9(7)12/h3-5H,1-2H3;3-5H,1-2H3. The van der Waals surface area contributed by atoms with Gasteiger partial charge in [0.05, 0.1) is 22.3 Å². The number of imide groups is 2. The fraction of sp³-hybridized carbons (Fsp3) is 0.190. The van der Waals surface area contributed by atoms with Gasteiger partial charge in [-0.05, 0) is 37.1 Å². The van der Waals surface area contributed by atoms with Crippen LogP contribution in [0, 0.1) is 13.8 Å². The lowest BCUT2D eigenvalue weighted by Gasteiger charge is -2.10. The van der Waals surface area contributed by atoms with Gasteiger partial charge in [0.1, 0.15) is 0 Å². The van der Waals surface area contributed by atoms with Crippen LogP contribution in [0.4, 0.5) is 0 Å². The third-order valence-corrected chi connectivity index (χ3v) is 4.63. The number of fused-ring (bicyclic) bond motifs is 2. The molecule has 4 amide bonds. The van der Waals surface area contributed by atoms with E-state index >= 15 is 0 Å². The molecule has 2 aliphatic heterocycles. The maximum atomic E-state index is 11.8. The molecule has 8 nitrogen and oxygen atoms in total. The first-order valence-electron chi connectivity index (χ1n) is 8.74. The van der Waals surface area contributed by atoms with Crippen molar-refractivity contribution in [2.45, 2.75) is 20.8 Å². The minimum absolute atomic E-state index is 0.196.